The molecule has 2 aromatic rings. The molecule has 0 spiro atoms. The van der Waals surface area contributed by atoms with Crippen molar-refractivity contribution in [2.24, 2.45) is 0 Å². The molecule has 2 rings (SSSR count). The molecule has 0 fully saturated rings. The van der Waals surface area contributed by atoms with Crippen molar-refractivity contribution in [2.45, 2.75) is 0 Å². The average Bonchev–Trinajstić information content (AvgIpc) is 2.42. The van der Waals surface area contributed by atoms with Crippen molar-refractivity contribution in [3.05, 3.63) is 78.1 Å². The topological polar surface area (TPSA) is 40.1 Å². The highest BCUT2D eigenvalue weighted by Crippen LogP contribution is 2.18. The molecule has 0 saturated carbocycles. The van der Waals surface area contributed by atoms with Crippen LogP contribution in [0.15, 0.2) is 66.9 Å². The summed E-state index contributed by atoms with van der Waals surface area (Å²) in [4.78, 5) is 12.1. The lowest BCUT2D eigenvalue weighted by Gasteiger charge is -2.09. The number of benzene rings is 2. The van der Waals surface area contributed by atoms with E-state index in [1.165, 1.54) is 0 Å². The number of hydrogen-bond acceptors (Lipinski definition) is 2. The third-order valence-corrected chi connectivity index (χ3v) is 2.48. The lowest BCUT2D eigenvalue weighted by atomic mass is 9.98. The normalized spacial score (nSPS) is 11.2. The first kappa shape index (κ1) is 11.1. The lowest BCUT2D eigenvalue weighted by Crippen LogP contribution is -2.06. The molecule has 84 valence electrons. The van der Waals surface area contributed by atoms with Crippen LogP contribution in [0.2, 0.25) is 0 Å². The summed E-state index contributed by atoms with van der Waals surface area (Å²) in [6, 6.07) is 17.8. The van der Waals surface area contributed by atoms with Gasteiger partial charge >= 0.3 is 0 Å². The second kappa shape index (κ2) is 5.12. The van der Waals surface area contributed by atoms with Gasteiger partial charge in [-0.2, -0.15) is 0 Å². The zero-order valence-electron chi connectivity index (χ0n) is 9.17. The summed E-state index contributed by atoms with van der Waals surface area (Å²) in [5, 5.41) is 11.1. The van der Waals surface area contributed by atoms with Crippen LogP contribution in [0, 0.1) is 0 Å². The standard InChI is InChI=1S/C15H12O2/c16-11-14(12-7-3-1-4-8-12)15(17)13-9-5-2-6-10-13/h1-11,16H/p-1. The number of allylic oxidation sites excluding steroid dienone is 1. The Morgan fingerprint density at radius 2 is 1.29 bits per heavy atom. The molecule has 0 heterocycles. The van der Waals surface area contributed by atoms with Gasteiger partial charge in [0.05, 0.1) is 0 Å². The molecule has 2 heteroatoms. The smallest absolute Gasteiger partial charge is 0.192 e. The summed E-state index contributed by atoms with van der Waals surface area (Å²) in [6.45, 7) is 0. The highest BCUT2D eigenvalue weighted by molar-refractivity contribution is 6.28. The summed E-state index contributed by atoms with van der Waals surface area (Å²) >= 11 is 0. The first-order valence-corrected chi connectivity index (χ1v) is 5.30. The molecule has 0 saturated heterocycles. The molecule has 0 aromatic heterocycles. The first-order valence-electron chi connectivity index (χ1n) is 5.30. The van der Waals surface area contributed by atoms with Crippen molar-refractivity contribution in [2.75, 3.05) is 0 Å². The molecule has 0 aliphatic rings. The van der Waals surface area contributed by atoms with Crippen molar-refractivity contribution >= 4 is 11.4 Å². The summed E-state index contributed by atoms with van der Waals surface area (Å²) in [6.07, 6.45) is 0.616. The van der Waals surface area contributed by atoms with E-state index >= 15 is 0 Å². The molecule has 0 N–H and O–H groups in total. The second-order valence-electron chi connectivity index (χ2n) is 3.59. The Morgan fingerprint density at radius 3 is 1.76 bits per heavy atom. The number of hydrogen-bond donors (Lipinski definition) is 0. The minimum absolute atomic E-state index is 0.191. The van der Waals surface area contributed by atoms with E-state index in [4.69, 9.17) is 0 Å². The van der Waals surface area contributed by atoms with Crippen LogP contribution in [0.25, 0.3) is 5.57 Å². The van der Waals surface area contributed by atoms with Gasteiger partial charge in [0.15, 0.2) is 5.78 Å². The Hall–Kier alpha value is -2.35. The molecule has 2 nitrogen and oxygen atoms in total. The van der Waals surface area contributed by atoms with Crippen molar-refractivity contribution in [3.63, 3.8) is 0 Å². The van der Waals surface area contributed by atoms with Crippen LogP contribution in [0.3, 0.4) is 0 Å². The van der Waals surface area contributed by atoms with Crippen LogP contribution in [-0.2, 0) is 0 Å². The average molecular weight is 223 g/mol. The quantitative estimate of drug-likeness (QED) is 0.455. The van der Waals surface area contributed by atoms with Crippen molar-refractivity contribution in [1.29, 1.82) is 0 Å². The van der Waals surface area contributed by atoms with E-state index in [0.29, 0.717) is 17.4 Å². The molecule has 2 aromatic carbocycles. The van der Waals surface area contributed by atoms with Gasteiger partial charge in [-0.25, -0.2) is 0 Å². The molecular weight excluding hydrogens is 212 g/mol. The van der Waals surface area contributed by atoms with Gasteiger partial charge in [-0.15, -0.1) is 6.26 Å². The summed E-state index contributed by atoms with van der Waals surface area (Å²) in [5.41, 5.74) is 1.37. The van der Waals surface area contributed by atoms with Crippen LogP contribution in [0.4, 0.5) is 0 Å². The Bertz CT molecular complexity index is 527. The van der Waals surface area contributed by atoms with Gasteiger partial charge < -0.3 is 5.11 Å². The van der Waals surface area contributed by atoms with Gasteiger partial charge in [0.1, 0.15) is 0 Å². The monoisotopic (exact) mass is 223 g/mol. The van der Waals surface area contributed by atoms with Crippen LogP contribution in [-0.4, -0.2) is 5.78 Å². The van der Waals surface area contributed by atoms with E-state index in [1.54, 1.807) is 48.5 Å². The zero-order chi connectivity index (χ0) is 12.1. The maximum absolute atomic E-state index is 12.1. The van der Waals surface area contributed by atoms with Crippen LogP contribution < -0.4 is 5.11 Å². The number of carbonyl (C=O) groups is 1. The SMILES string of the molecule is O=C(C(=C[O-])c1ccccc1)c1ccccc1. The highest BCUT2D eigenvalue weighted by Gasteiger charge is 2.11. The van der Waals surface area contributed by atoms with E-state index in [1.807, 2.05) is 12.1 Å². The number of ketones is 1. The molecule has 0 bridgehead atoms. The van der Waals surface area contributed by atoms with Gasteiger partial charge in [-0.05, 0) is 5.56 Å². The van der Waals surface area contributed by atoms with Crippen molar-refractivity contribution < 1.29 is 9.90 Å². The molecular formula is C15H11O2-. The number of rotatable bonds is 3. The van der Waals surface area contributed by atoms with Crippen LogP contribution in [0.1, 0.15) is 15.9 Å². The maximum Gasteiger partial charge on any atom is 0.192 e. The van der Waals surface area contributed by atoms with E-state index in [9.17, 15) is 9.90 Å². The zero-order valence-corrected chi connectivity index (χ0v) is 9.17. The Labute approximate surface area is 99.8 Å². The van der Waals surface area contributed by atoms with Gasteiger partial charge in [-0.3, -0.25) is 4.79 Å². The summed E-state index contributed by atoms with van der Waals surface area (Å²) in [5.74, 6) is -0.244. The van der Waals surface area contributed by atoms with Crippen LogP contribution >= 0.6 is 0 Å². The maximum atomic E-state index is 12.1. The molecule has 0 radical (unpaired) electrons. The van der Waals surface area contributed by atoms with Crippen molar-refractivity contribution in [3.8, 4) is 0 Å². The molecule has 0 unspecified atom stereocenters. The van der Waals surface area contributed by atoms with E-state index in [2.05, 4.69) is 0 Å². The Balaban J connectivity index is 2.37. The Kier molecular flexibility index (Phi) is 3.36. The van der Waals surface area contributed by atoms with Crippen molar-refractivity contribution in [1.82, 2.24) is 0 Å². The molecule has 0 atom stereocenters. The van der Waals surface area contributed by atoms with Crippen LogP contribution in [0.5, 0.6) is 0 Å². The van der Waals surface area contributed by atoms with E-state index in [0.717, 1.165) is 0 Å². The third kappa shape index (κ3) is 2.42. The fraction of sp³-hybridized carbons (Fsp3) is 0. The molecule has 0 aliphatic carbocycles. The fourth-order valence-corrected chi connectivity index (χ4v) is 1.62. The molecule has 0 amide bonds. The fourth-order valence-electron chi connectivity index (χ4n) is 1.62. The van der Waals surface area contributed by atoms with Gasteiger partial charge in [-0.1, -0.05) is 60.7 Å². The minimum Gasteiger partial charge on any atom is -0.877 e. The lowest BCUT2D eigenvalue weighted by molar-refractivity contribution is -0.273. The minimum atomic E-state index is -0.244. The summed E-state index contributed by atoms with van der Waals surface area (Å²) in [7, 11) is 0. The second-order valence-corrected chi connectivity index (χ2v) is 3.59. The third-order valence-electron chi connectivity index (χ3n) is 2.48. The van der Waals surface area contributed by atoms with E-state index in [-0.39, 0.29) is 11.4 Å². The molecule has 0 aliphatic heterocycles. The van der Waals surface area contributed by atoms with E-state index < -0.39 is 0 Å². The Morgan fingerprint density at radius 1 is 0.824 bits per heavy atom. The molecule has 17 heavy (non-hydrogen) atoms. The van der Waals surface area contributed by atoms with Gasteiger partial charge in [0.25, 0.3) is 0 Å². The largest absolute Gasteiger partial charge is 0.877 e. The highest BCUT2D eigenvalue weighted by atomic mass is 16.2. The summed E-state index contributed by atoms with van der Waals surface area (Å²) < 4.78 is 0. The number of Topliss-reactive ketones (excluding diaryl/α,β-unsaturated/α-hetero) is 1. The number of carbonyl (C=O) groups excluding carboxylic acids is 1. The van der Waals surface area contributed by atoms with Gasteiger partial charge in [0.2, 0.25) is 0 Å². The predicted molar refractivity (Wildman–Crippen MR) is 65.2 cm³/mol. The predicted octanol–water partition coefficient (Wildman–Crippen LogP) is 2.27. The first-order chi connectivity index (χ1) is 8.33. The van der Waals surface area contributed by atoms with Gasteiger partial charge in [0, 0.05) is 11.1 Å².